The van der Waals surface area contributed by atoms with E-state index in [-0.39, 0.29) is 11.9 Å². The van der Waals surface area contributed by atoms with E-state index in [1.807, 2.05) is 31.2 Å². The van der Waals surface area contributed by atoms with Crippen molar-refractivity contribution >= 4 is 11.8 Å². The Morgan fingerprint density at radius 2 is 2.00 bits per heavy atom. The number of rotatable bonds is 2. The van der Waals surface area contributed by atoms with E-state index in [9.17, 15) is 9.59 Å². The van der Waals surface area contributed by atoms with Crippen molar-refractivity contribution in [1.29, 1.82) is 0 Å². The average molecular weight is 328 g/mol. The summed E-state index contributed by atoms with van der Waals surface area (Å²) in [6, 6.07) is 7.75. The van der Waals surface area contributed by atoms with Crippen molar-refractivity contribution < 1.29 is 19.1 Å². The largest absolute Gasteiger partial charge is 0.457 e. The average Bonchev–Trinajstić information content (AvgIpc) is 2.73. The summed E-state index contributed by atoms with van der Waals surface area (Å²) < 4.78 is 11.6. The van der Waals surface area contributed by atoms with Gasteiger partial charge in [0.05, 0.1) is 12.0 Å². The van der Waals surface area contributed by atoms with Gasteiger partial charge in [-0.15, -0.1) is 0 Å². The van der Waals surface area contributed by atoms with Crippen LogP contribution in [0.5, 0.6) is 0 Å². The quantitative estimate of drug-likeness (QED) is 0.474. The van der Waals surface area contributed by atoms with Gasteiger partial charge >= 0.3 is 5.97 Å². The van der Waals surface area contributed by atoms with Gasteiger partial charge < -0.3 is 9.47 Å². The third-order valence-electron chi connectivity index (χ3n) is 4.77. The molecule has 0 unspecified atom stereocenters. The predicted molar refractivity (Wildman–Crippen MR) is 90.8 cm³/mol. The third kappa shape index (κ3) is 2.49. The fraction of sp³-hybridized carbons (Fsp3) is 0.500. The van der Waals surface area contributed by atoms with Crippen molar-refractivity contribution in [2.45, 2.75) is 63.8 Å². The minimum atomic E-state index is -1.60. The first-order chi connectivity index (χ1) is 11.2. The summed E-state index contributed by atoms with van der Waals surface area (Å²) >= 11 is 0. The molecule has 0 spiro atoms. The zero-order valence-corrected chi connectivity index (χ0v) is 14.7. The number of hydrogen-bond acceptors (Lipinski definition) is 4. The maximum absolute atomic E-state index is 13.0. The number of Topliss-reactive ketones (excluding diaryl/α,β-unsaturated/α-hetero) is 1. The first-order valence-corrected chi connectivity index (χ1v) is 8.35. The zero-order chi connectivity index (χ0) is 17.7. The van der Waals surface area contributed by atoms with Crippen LogP contribution in [0.15, 0.2) is 36.4 Å². The molecule has 2 heterocycles. The summed E-state index contributed by atoms with van der Waals surface area (Å²) in [6.45, 7) is 11.5. The predicted octanol–water partition coefficient (Wildman–Crippen LogP) is 3.48. The number of hydrogen-bond donors (Lipinski definition) is 0. The summed E-state index contributed by atoms with van der Waals surface area (Å²) in [6.07, 6.45) is 0.607. The van der Waals surface area contributed by atoms with Gasteiger partial charge in [-0.05, 0) is 50.8 Å². The van der Waals surface area contributed by atoms with Gasteiger partial charge in [0, 0.05) is 6.42 Å². The number of ether oxygens (including phenoxy) is 2. The minimum Gasteiger partial charge on any atom is -0.457 e. The van der Waals surface area contributed by atoms with E-state index in [1.165, 1.54) is 0 Å². The third-order valence-corrected chi connectivity index (χ3v) is 4.77. The molecule has 4 nitrogen and oxygen atoms in total. The maximum atomic E-state index is 13.0. The van der Waals surface area contributed by atoms with Crippen molar-refractivity contribution in [3.8, 4) is 0 Å². The number of ketones is 1. The summed E-state index contributed by atoms with van der Waals surface area (Å²) in [5, 5.41) is 0. The van der Waals surface area contributed by atoms with Crippen LogP contribution in [0.1, 0.15) is 50.7 Å². The lowest BCUT2D eigenvalue weighted by molar-refractivity contribution is -0.190. The second-order valence-corrected chi connectivity index (χ2v) is 7.67. The van der Waals surface area contributed by atoms with Crippen LogP contribution in [0.4, 0.5) is 0 Å². The molecule has 3 rings (SSSR count). The second-order valence-electron chi connectivity index (χ2n) is 7.67. The fourth-order valence-electron chi connectivity index (χ4n) is 3.70. The lowest BCUT2D eigenvalue weighted by Gasteiger charge is -2.35. The van der Waals surface area contributed by atoms with E-state index < -0.39 is 23.1 Å². The molecule has 0 saturated carbocycles. The standard InChI is InChI=1S/C20H24O4/c1-12-8-6-7-9-14(12)17-13(2)15-10-11-16(21)20(17,23-15)18(22)24-19(3,4)5/h6-9,15,17H,2,10-11H2,1,3-5H3/t15-,17+,20+/m1/s1. The molecule has 2 aliphatic rings. The molecule has 0 amide bonds. The van der Waals surface area contributed by atoms with E-state index in [4.69, 9.17) is 9.47 Å². The van der Waals surface area contributed by atoms with Gasteiger partial charge in [-0.3, -0.25) is 4.79 Å². The molecule has 0 N–H and O–H groups in total. The van der Waals surface area contributed by atoms with Gasteiger partial charge in [-0.1, -0.05) is 30.8 Å². The molecule has 128 valence electrons. The highest BCUT2D eigenvalue weighted by Crippen LogP contribution is 2.53. The molecule has 2 aliphatic heterocycles. The zero-order valence-electron chi connectivity index (χ0n) is 14.7. The van der Waals surface area contributed by atoms with Crippen LogP contribution >= 0.6 is 0 Å². The molecular weight excluding hydrogens is 304 g/mol. The topological polar surface area (TPSA) is 52.6 Å². The summed E-state index contributed by atoms with van der Waals surface area (Å²) in [7, 11) is 0. The Bertz CT molecular complexity index is 713. The lowest BCUT2D eigenvalue weighted by atomic mass is 9.76. The van der Waals surface area contributed by atoms with Crippen molar-refractivity contribution in [2.75, 3.05) is 0 Å². The highest BCUT2D eigenvalue weighted by atomic mass is 16.6. The number of carbonyl (C=O) groups excluding carboxylic acids is 2. The molecular formula is C20H24O4. The van der Waals surface area contributed by atoms with E-state index >= 15 is 0 Å². The Morgan fingerprint density at radius 1 is 1.33 bits per heavy atom. The molecule has 2 saturated heterocycles. The summed E-state index contributed by atoms with van der Waals surface area (Å²) in [4.78, 5) is 25.9. The van der Waals surface area contributed by atoms with Crippen molar-refractivity contribution in [2.24, 2.45) is 0 Å². The summed E-state index contributed by atoms with van der Waals surface area (Å²) in [5.74, 6) is -1.30. The number of esters is 1. The van der Waals surface area contributed by atoms with Crippen LogP contribution in [-0.2, 0) is 19.1 Å². The first kappa shape index (κ1) is 16.9. The Kier molecular flexibility index (Phi) is 3.91. The SMILES string of the molecule is C=C1[C@H]2CCC(=O)[C@](C(=O)OC(C)(C)C)(O2)[C@@H]1c1ccccc1C. The van der Waals surface area contributed by atoms with Gasteiger partial charge in [-0.25, -0.2) is 4.79 Å². The molecule has 2 fully saturated rings. The van der Waals surface area contributed by atoms with E-state index in [0.29, 0.717) is 12.8 Å². The molecule has 2 bridgehead atoms. The molecule has 0 aliphatic carbocycles. The van der Waals surface area contributed by atoms with Crippen LogP contribution in [0.2, 0.25) is 0 Å². The minimum absolute atomic E-state index is 0.208. The Morgan fingerprint density at radius 3 is 2.62 bits per heavy atom. The highest BCUT2D eigenvalue weighted by molar-refractivity contribution is 6.10. The maximum Gasteiger partial charge on any atom is 0.347 e. The Hall–Kier alpha value is -1.94. The highest BCUT2D eigenvalue weighted by Gasteiger charge is 2.65. The number of aryl methyl sites for hydroxylation is 1. The molecule has 4 heteroatoms. The van der Waals surface area contributed by atoms with Crippen molar-refractivity contribution in [1.82, 2.24) is 0 Å². The van der Waals surface area contributed by atoms with E-state index in [2.05, 4.69) is 6.58 Å². The van der Waals surface area contributed by atoms with Gasteiger partial charge in [0.15, 0.2) is 5.78 Å². The number of carbonyl (C=O) groups is 2. The second kappa shape index (κ2) is 5.55. The van der Waals surface area contributed by atoms with Gasteiger partial charge in [-0.2, -0.15) is 0 Å². The smallest absolute Gasteiger partial charge is 0.347 e. The van der Waals surface area contributed by atoms with Gasteiger partial charge in [0.1, 0.15) is 5.60 Å². The fourth-order valence-corrected chi connectivity index (χ4v) is 3.70. The number of benzene rings is 1. The molecule has 1 aromatic carbocycles. The van der Waals surface area contributed by atoms with E-state index in [1.54, 1.807) is 20.8 Å². The lowest BCUT2D eigenvalue weighted by Crippen LogP contribution is -2.55. The Labute approximate surface area is 142 Å². The van der Waals surface area contributed by atoms with Crippen LogP contribution in [0.25, 0.3) is 0 Å². The van der Waals surface area contributed by atoms with Gasteiger partial charge in [0.25, 0.3) is 0 Å². The molecule has 0 aromatic heterocycles. The number of fused-ring (bicyclic) bond motifs is 2. The van der Waals surface area contributed by atoms with Crippen LogP contribution in [0.3, 0.4) is 0 Å². The van der Waals surface area contributed by atoms with Gasteiger partial charge in [0.2, 0.25) is 5.60 Å². The van der Waals surface area contributed by atoms with Crippen LogP contribution in [0, 0.1) is 6.92 Å². The van der Waals surface area contributed by atoms with Crippen molar-refractivity contribution in [3.63, 3.8) is 0 Å². The van der Waals surface area contributed by atoms with E-state index in [0.717, 1.165) is 16.7 Å². The molecule has 1 aromatic rings. The monoisotopic (exact) mass is 328 g/mol. The Balaban J connectivity index is 2.14. The summed E-state index contributed by atoms with van der Waals surface area (Å²) in [5.41, 5.74) is 0.421. The first-order valence-electron chi connectivity index (χ1n) is 8.35. The van der Waals surface area contributed by atoms with Crippen LogP contribution < -0.4 is 0 Å². The van der Waals surface area contributed by atoms with Crippen LogP contribution in [-0.4, -0.2) is 29.1 Å². The molecule has 0 radical (unpaired) electrons. The molecule has 24 heavy (non-hydrogen) atoms. The molecule has 3 atom stereocenters. The normalized spacial score (nSPS) is 29.7. The van der Waals surface area contributed by atoms with Crippen molar-refractivity contribution in [3.05, 3.63) is 47.5 Å².